The number of hydrogen-bond acceptors (Lipinski definition) is 3. The Morgan fingerprint density at radius 2 is 1.67 bits per heavy atom. The molecule has 2 amide bonds. The second kappa shape index (κ2) is 8.32. The van der Waals surface area contributed by atoms with Crippen LogP contribution in [0.4, 0.5) is 5.69 Å². The number of hydrogen-bond donors (Lipinski definition) is 1. The van der Waals surface area contributed by atoms with E-state index in [2.05, 4.69) is 37.1 Å². The molecule has 0 unspecified atom stereocenters. The first-order valence-corrected chi connectivity index (χ1v) is 10.3. The van der Waals surface area contributed by atoms with Gasteiger partial charge in [-0.2, -0.15) is 0 Å². The number of rotatable bonds is 4. The lowest BCUT2D eigenvalue weighted by atomic mass is 9.91. The van der Waals surface area contributed by atoms with Gasteiger partial charge in [0.05, 0.1) is 5.56 Å². The smallest absolute Gasteiger partial charge is 0.255 e. The number of carbonyl (C=O) groups is 2. The molecular weight excluding hydrogens is 338 g/mol. The molecule has 1 aromatic rings. The Balaban J connectivity index is 1.60. The fourth-order valence-corrected chi connectivity index (χ4v) is 4.05. The van der Waals surface area contributed by atoms with Gasteiger partial charge >= 0.3 is 0 Å². The standard InChI is InChI=1S/C22H33N3O2/c1-22(2,3)16-20(26)23-17-10-14-24(15-11-17)19-9-5-4-8-18(19)21(27)25-12-6-7-13-25/h4-5,8-9,17H,6-7,10-16H2,1-3H3,(H,23,26). The molecule has 0 aromatic heterocycles. The van der Waals surface area contributed by atoms with Crippen LogP contribution in [0.15, 0.2) is 24.3 Å². The Labute approximate surface area is 163 Å². The van der Waals surface area contributed by atoms with Gasteiger partial charge in [-0.3, -0.25) is 9.59 Å². The molecule has 0 saturated carbocycles. The first-order valence-electron chi connectivity index (χ1n) is 10.3. The summed E-state index contributed by atoms with van der Waals surface area (Å²) in [4.78, 5) is 29.4. The van der Waals surface area contributed by atoms with Crippen molar-refractivity contribution < 1.29 is 9.59 Å². The summed E-state index contributed by atoms with van der Waals surface area (Å²) in [7, 11) is 0. The van der Waals surface area contributed by atoms with Crippen LogP contribution < -0.4 is 10.2 Å². The molecule has 2 heterocycles. The molecule has 0 spiro atoms. The van der Waals surface area contributed by atoms with E-state index in [0.29, 0.717) is 6.42 Å². The monoisotopic (exact) mass is 371 g/mol. The van der Waals surface area contributed by atoms with E-state index >= 15 is 0 Å². The van der Waals surface area contributed by atoms with Crippen LogP contribution in [0, 0.1) is 5.41 Å². The Morgan fingerprint density at radius 3 is 2.30 bits per heavy atom. The summed E-state index contributed by atoms with van der Waals surface area (Å²) in [6.45, 7) is 9.73. The van der Waals surface area contributed by atoms with Crippen LogP contribution in [0.3, 0.4) is 0 Å². The van der Waals surface area contributed by atoms with Gasteiger partial charge in [-0.1, -0.05) is 32.9 Å². The molecule has 2 saturated heterocycles. The molecule has 148 valence electrons. The molecule has 1 N–H and O–H groups in total. The van der Waals surface area contributed by atoms with E-state index in [-0.39, 0.29) is 23.3 Å². The third kappa shape index (κ3) is 5.24. The summed E-state index contributed by atoms with van der Waals surface area (Å²) in [6.07, 6.45) is 4.60. The van der Waals surface area contributed by atoms with Gasteiger partial charge in [-0.25, -0.2) is 0 Å². The first kappa shape index (κ1) is 19.7. The lowest BCUT2D eigenvalue weighted by Crippen LogP contribution is -2.45. The van der Waals surface area contributed by atoms with Gasteiger partial charge in [0, 0.05) is 44.3 Å². The number of amides is 2. The van der Waals surface area contributed by atoms with E-state index in [0.717, 1.165) is 63.1 Å². The minimum Gasteiger partial charge on any atom is -0.371 e. The van der Waals surface area contributed by atoms with E-state index in [1.165, 1.54) is 0 Å². The van der Waals surface area contributed by atoms with Crippen LogP contribution in [-0.4, -0.2) is 48.9 Å². The van der Waals surface area contributed by atoms with Crippen molar-refractivity contribution in [2.75, 3.05) is 31.1 Å². The number of anilines is 1. The third-order valence-electron chi connectivity index (χ3n) is 5.42. The van der Waals surface area contributed by atoms with Crippen molar-refractivity contribution in [1.29, 1.82) is 0 Å². The van der Waals surface area contributed by atoms with Gasteiger partial charge in [0.2, 0.25) is 5.91 Å². The predicted octanol–water partition coefficient (Wildman–Crippen LogP) is 3.44. The summed E-state index contributed by atoms with van der Waals surface area (Å²) in [5.41, 5.74) is 1.86. The van der Waals surface area contributed by atoms with Gasteiger partial charge < -0.3 is 15.1 Å². The fraction of sp³-hybridized carbons (Fsp3) is 0.636. The summed E-state index contributed by atoms with van der Waals surface area (Å²) in [5.74, 6) is 0.300. The molecule has 0 atom stereocenters. The summed E-state index contributed by atoms with van der Waals surface area (Å²) in [6, 6.07) is 8.20. The second-order valence-electron chi connectivity index (χ2n) is 9.08. The molecule has 1 aromatic carbocycles. The van der Waals surface area contributed by atoms with E-state index < -0.39 is 0 Å². The molecule has 3 rings (SSSR count). The van der Waals surface area contributed by atoms with Crippen molar-refractivity contribution in [2.24, 2.45) is 5.41 Å². The van der Waals surface area contributed by atoms with Crippen molar-refractivity contribution in [2.45, 2.75) is 58.9 Å². The number of nitrogens with one attached hydrogen (secondary N) is 1. The molecule has 2 fully saturated rings. The molecule has 0 radical (unpaired) electrons. The molecular formula is C22H33N3O2. The zero-order valence-electron chi connectivity index (χ0n) is 17.0. The average molecular weight is 372 g/mol. The Bertz CT molecular complexity index is 666. The largest absolute Gasteiger partial charge is 0.371 e. The molecule has 2 aliphatic heterocycles. The molecule has 5 nitrogen and oxygen atoms in total. The van der Waals surface area contributed by atoms with Crippen LogP contribution in [0.2, 0.25) is 0 Å². The van der Waals surface area contributed by atoms with Crippen molar-refractivity contribution in [3.05, 3.63) is 29.8 Å². The number of para-hydroxylation sites is 1. The highest BCUT2D eigenvalue weighted by atomic mass is 16.2. The topological polar surface area (TPSA) is 52.7 Å². The number of likely N-dealkylation sites (tertiary alicyclic amines) is 1. The van der Waals surface area contributed by atoms with E-state index in [1.54, 1.807) is 0 Å². The second-order valence-corrected chi connectivity index (χ2v) is 9.08. The average Bonchev–Trinajstić information content (AvgIpc) is 3.15. The highest BCUT2D eigenvalue weighted by molar-refractivity contribution is 6.00. The highest BCUT2D eigenvalue weighted by Crippen LogP contribution is 2.27. The Hall–Kier alpha value is -2.04. The quantitative estimate of drug-likeness (QED) is 0.882. The van der Waals surface area contributed by atoms with Gasteiger partial charge in [0.15, 0.2) is 0 Å². The van der Waals surface area contributed by atoms with Gasteiger partial charge in [-0.15, -0.1) is 0 Å². The van der Waals surface area contributed by atoms with Crippen molar-refractivity contribution >= 4 is 17.5 Å². The maximum atomic E-state index is 12.9. The normalized spacial score (nSPS) is 18.6. The summed E-state index contributed by atoms with van der Waals surface area (Å²) >= 11 is 0. The Morgan fingerprint density at radius 1 is 1.04 bits per heavy atom. The predicted molar refractivity (Wildman–Crippen MR) is 109 cm³/mol. The SMILES string of the molecule is CC(C)(C)CC(=O)NC1CCN(c2ccccc2C(=O)N2CCCC2)CC1. The van der Waals surface area contributed by atoms with Crippen molar-refractivity contribution in [1.82, 2.24) is 10.2 Å². The minimum absolute atomic E-state index is 0.0136. The van der Waals surface area contributed by atoms with Crippen LogP contribution in [0.5, 0.6) is 0 Å². The van der Waals surface area contributed by atoms with Crippen LogP contribution in [-0.2, 0) is 4.79 Å². The zero-order chi connectivity index (χ0) is 19.4. The van der Waals surface area contributed by atoms with E-state index in [1.807, 2.05) is 23.1 Å². The maximum Gasteiger partial charge on any atom is 0.255 e. The summed E-state index contributed by atoms with van der Waals surface area (Å²) in [5, 5.41) is 3.19. The van der Waals surface area contributed by atoms with Crippen molar-refractivity contribution in [3.63, 3.8) is 0 Å². The lowest BCUT2D eigenvalue weighted by Gasteiger charge is -2.35. The van der Waals surface area contributed by atoms with Crippen molar-refractivity contribution in [3.8, 4) is 0 Å². The summed E-state index contributed by atoms with van der Waals surface area (Å²) < 4.78 is 0. The van der Waals surface area contributed by atoms with Gasteiger partial charge in [0.1, 0.15) is 0 Å². The molecule has 0 aliphatic carbocycles. The van der Waals surface area contributed by atoms with Crippen LogP contribution >= 0.6 is 0 Å². The van der Waals surface area contributed by atoms with Crippen LogP contribution in [0.25, 0.3) is 0 Å². The van der Waals surface area contributed by atoms with E-state index in [9.17, 15) is 9.59 Å². The van der Waals surface area contributed by atoms with Crippen LogP contribution in [0.1, 0.15) is 63.2 Å². The number of piperidine rings is 1. The molecule has 2 aliphatic rings. The number of nitrogens with zero attached hydrogens (tertiary/aromatic N) is 2. The maximum absolute atomic E-state index is 12.9. The Kier molecular flexibility index (Phi) is 6.08. The minimum atomic E-state index is 0.0136. The van der Waals surface area contributed by atoms with E-state index in [4.69, 9.17) is 0 Å². The third-order valence-corrected chi connectivity index (χ3v) is 5.42. The molecule has 5 heteroatoms. The highest BCUT2D eigenvalue weighted by Gasteiger charge is 2.27. The number of carbonyl (C=O) groups excluding carboxylic acids is 2. The van der Waals surface area contributed by atoms with Gasteiger partial charge in [0.25, 0.3) is 5.91 Å². The molecule has 0 bridgehead atoms. The van der Waals surface area contributed by atoms with Gasteiger partial charge in [-0.05, 0) is 43.2 Å². The fourth-order valence-electron chi connectivity index (χ4n) is 4.05. The zero-order valence-corrected chi connectivity index (χ0v) is 17.0. The number of benzene rings is 1. The molecule has 27 heavy (non-hydrogen) atoms. The lowest BCUT2D eigenvalue weighted by molar-refractivity contribution is -0.123. The first-order chi connectivity index (χ1) is 12.8.